The summed E-state index contributed by atoms with van der Waals surface area (Å²) in [5.41, 5.74) is 0. The summed E-state index contributed by atoms with van der Waals surface area (Å²) < 4.78 is 4.55. The van der Waals surface area contributed by atoms with Gasteiger partial charge in [-0.3, -0.25) is 4.79 Å². The van der Waals surface area contributed by atoms with Gasteiger partial charge in [-0.1, -0.05) is 6.58 Å². The summed E-state index contributed by atoms with van der Waals surface area (Å²) in [7, 11) is 2.41. The van der Waals surface area contributed by atoms with E-state index in [1.807, 2.05) is 0 Å². The fourth-order valence-electron chi connectivity index (χ4n) is 0.245. The molecule has 1 atom stereocenters. The summed E-state index contributed by atoms with van der Waals surface area (Å²) in [5, 5.41) is 0. The normalized spacial score (nSPS) is 8.25. The van der Waals surface area contributed by atoms with Crippen molar-refractivity contribution >= 4 is 15.2 Å². The van der Waals surface area contributed by atoms with Crippen molar-refractivity contribution in [1.29, 1.82) is 0 Å². The van der Waals surface area contributed by atoms with Gasteiger partial charge in [0.05, 0.1) is 0 Å². The molecule has 0 N–H and O–H groups in total. The van der Waals surface area contributed by atoms with E-state index in [9.17, 15) is 4.79 Å². The number of carbonyl (C=O) groups excluding carboxylic acids is 1. The van der Waals surface area contributed by atoms with Crippen molar-refractivity contribution in [3.63, 3.8) is 0 Å². The minimum absolute atomic E-state index is 0.308. The van der Waals surface area contributed by atoms with Gasteiger partial charge in [0, 0.05) is 13.1 Å². The van der Waals surface area contributed by atoms with Gasteiger partial charge in [-0.15, -0.1) is 9.24 Å². The minimum atomic E-state index is -0.308. The molecule has 0 bridgehead atoms. The first-order valence-corrected chi connectivity index (χ1v) is 3.04. The molecule has 0 heterocycles. The van der Waals surface area contributed by atoms with Gasteiger partial charge in [0.25, 0.3) is 0 Å². The number of hydrogen-bond donors (Lipinski definition) is 0. The number of carbonyl (C=O) groups is 1. The standard InChI is InChI=1S/C5H9O2P/c1-4(3-8)7-5(2)6/h1,3,8H2,2H3. The topological polar surface area (TPSA) is 26.3 Å². The Labute approximate surface area is 51.1 Å². The summed E-state index contributed by atoms with van der Waals surface area (Å²) >= 11 is 0. The third-order valence-corrected chi connectivity index (χ3v) is 0.971. The van der Waals surface area contributed by atoms with Crippen LogP contribution in [0.5, 0.6) is 0 Å². The Balaban J connectivity index is 3.40. The molecule has 0 saturated carbocycles. The van der Waals surface area contributed by atoms with Crippen LogP contribution in [0.1, 0.15) is 6.92 Å². The monoisotopic (exact) mass is 132 g/mol. The van der Waals surface area contributed by atoms with Gasteiger partial charge in [0.1, 0.15) is 5.76 Å². The highest BCUT2D eigenvalue weighted by Crippen LogP contribution is 1.97. The predicted molar refractivity (Wildman–Crippen MR) is 35.5 cm³/mol. The van der Waals surface area contributed by atoms with E-state index in [1.165, 1.54) is 6.92 Å². The third-order valence-electron chi connectivity index (χ3n) is 0.516. The molecule has 0 rings (SSSR count). The lowest BCUT2D eigenvalue weighted by molar-refractivity contribution is -0.136. The first-order valence-electron chi connectivity index (χ1n) is 2.23. The molecule has 8 heavy (non-hydrogen) atoms. The number of esters is 1. The summed E-state index contributed by atoms with van der Waals surface area (Å²) in [6, 6.07) is 0. The molecule has 2 nitrogen and oxygen atoms in total. The quantitative estimate of drug-likeness (QED) is 0.317. The molecule has 0 fully saturated rings. The molecule has 0 aromatic heterocycles. The zero-order chi connectivity index (χ0) is 6.57. The van der Waals surface area contributed by atoms with Gasteiger partial charge in [0.2, 0.25) is 0 Å². The summed E-state index contributed by atoms with van der Waals surface area (Å²) in [6.07, 6.45) is 0.611. The Morgan fingerprint density at radius 2 is 2.38 bits per heavy atom. The van der Waals surface area contributed by atoms with E-state index in [1.54, 1.807) is 0 Å². The van der Waals surface area contributed by atoms with Crippen LogP contribution in [0.4, 0.5) is 0 Å². The Morgan fingerprint density at radius 1 is 1.88 bits per heavy atom. The molecular weight excluding hydrogens is 123 g/mol. The van der Waals surface area contributed by atoms with Crippen molar-refractivity contribution in [3.8, 4) is 0 Å². The molecule has 0 aliphatic carbocycles. The zero-order valence-corrected chi connectivity index (χ0v) is 5.96. The van der Waals surface area contributed by atoms with Crippen LogP contribution in [-0.2, 0) is 9.53 Å². The molecule has 0 aliphatic heterocycles. The van der Waals surface area contributed by atoms with E-state index in [0.29, 0.717) is 11.9 Å². The minimum Gasteiger partial charge on any atom is -0.432 e. The van der Waals surface area contributed by atoms with Crippen molar-refractivity contribution in [2.45, 2.75) is 6.92 Å². The predicted octanol–water partition coefficient (Wildman–Crippen LogP) is 0.938. The molecule has 1 unspecified atom stereocenters. The average Bonchev–Trinajstić information content (AvgIpc) is 1.65. The van der Waals surface area contributed by atoms with Gasteiger partial charge < -0.3 is 4.74 Å². The van der Waals surface area contributed by atoms with Crippen LogP contribution in [0.25, 0.3) is 0 Å². The molecule has 0 aliphatic rings. The second kappa shape index (κ2) is 3.62. The van der Waals surface area contributed by atoms with E-state index in [2.05, 4.69) is 20.6 Å². The maximum atomic E-state index is 10.1. The van der Waals surface area contributed by atoms with Crippen LogP contribution in [0.3, 0.4) is 0 Å². The Bertz CT molecular complexity index is 109. The average molecular weight is 132 g/mol. The zero-order valence-electron chi connectivity index (χ0n) is 4.81. The van der Waals surface area contributed by atoms with E-state index in [-0.39, 0.29) is 5.97 Å². The van der Waals surface area contributed by atoms with Crippen LogP contribution in [0.2, 0.25) is 0 Å². The Hall–Kier alpha value is -0.360. The van der Waals surface area contributed by atoms with E-state index < -0.39 is 0 Å². The van der Waals surface area contributed by atoms with Crippen LogP contribution in [0, 0.1) is 0 Å². The van der Waals surface area contributed by atoms with E-state index >= 15 is 0 Å². The summed E-state index contributed by atoms with van der Waals surface area (Å²) in [4.78, 5) is 10.1. The molecule has 0 aromatic rings. The van der Waals surface area contributed by atoms with Crippen LogP contribution in [0.15, 0.2) is 12.3 Å². The van der Waals surface area contributed by atoms with Crippen molar-refractivity contribution in [3.05, 3.63) is 12.3 Å². The highest BCUT2D eigenvalue weighted by molar-refractivity contribution is 7.16. The van der Waals surface area contributed by atoms with Crippen molar-refractivity contribution < 1.29 is 9.53 Å². The first kappa shape index (κ1) is 7.64. The van der Waals surface area contributed by atoms with Gasteiger partial charge in [-0.25, -0.2) is 0 Å². The van der Waals surface area contributed by atoms with Crippen molar-refractivity contribution in [1.82, 2.24) is 0 Å². The summed E-state index contributed by atoms with van der Waals surface area (Å²) in [6.45, 7) is 4.80. The lowest BCUT2D eigenvalue weighted by Crippen LogP contribution is -1.97. The van der Waals surface area contributed by atoms with E-state index in [0.717, 1.165) is 0 Å². The molecule has 0 saturated heterocycles. The smallest absolute Gasteiger partial charge is 0.307 e. The molecule has 0 spiro atoms. The van der Waals surface area contributed by atoms with Gasteiger partial charge in [-0.05, 0) is 0 Å². The second-order valence-corrected chi connectivity index (χ2v) is 1.74. The van der Waals surface area contributed by atoms with Gasteiger partial charge >= 0.3 is 5.97 Å². The van der Waals surface area contributed by atoms with E-state index in [4.69, 9.17) is 0 Å². The molecular formula is C5H9O2P. The Kier molecular flexibility index (Phi) is 3.46. The van der Waals surface area contributed by atoms with Crippen LogP contribution >= 0.6 is 9.24 Å². The Morgan fingerprint density at radius 3 is 2.50 bits per heavy atom. The highest BCUT2D eigenvalue weighted by Gasteiger charge is 1.92. The number of hydrogen-bond acceptors (Lipinski definition) is 2. The molecule has 3 heteroatoms. The third kappa shape index (κ3) is 3.82. The van der Waals surface area contributed by atoms with Crippen molar-refractivity contribution in [2.75, 3.05) is 6.16 Å². The largest absolute Gasteiger partial charge is 0.432 e. The fourth-order valence-corrected chi connectivity index (χ4v) is 0.328. The number of ether oxygens (including phenoxy) is 1. The summed E-state index contributed by atoms with van der Waals surface area (Å²) in [5.74, 6) is 0.181. The lowest BCUT2D eigenvalue weighted by atomic mass is 10.6. The molecule has 46 valence electrons. The van der Waals surface area contributed by atoms with Gasteiger partial charge in [0.15, 0.2) is 0 Å². The number of allylic oxidation sites excluding steroid dienone is 1. The maximum absolute atomic E-state index is 10.1. The fraction of sp³-hybridized carbons (Fsp3) is 0.400. The highest BCUT2D eigenvalue weighted by atomic mass is 31.0. The second-order valence-electron chi connectivity index (χ2n) is 1.34. The van der Waals surface area contributed by atoms with Gasteiger partial charge in [-0.2, -0.15) is 0 Å². The first-order chi connectivity index (χ1) is 3.66. The lowest BCUT2D eigenvalue weighted by Gasteiger charge is -1.98. The van der Waals surface area contributed by atoms with Crippen LogP contribution in [-0.4, -0.2) is 12.1 Å². The van der Waals surface area contributed by atoms with Crippen molar-refractivity contribution in [2.24, 2.45) is 0 Å². The number of rotatable bonds is 2. The SMILES string of the molecule is C=C(CP)OC(C)=O. The van der Waals surface area contributed by atoms with Crippen LogP contribution < -0.4 is 0 Å². The maximum Gasteiger partial charge on any atom is 0.307 e. The molecule has 0 aromatic carbocycles. The molecule has 0 amide bonds. The molecule has 0 radical (unpaired) electrons.